The molecule has 0 unspecified atom stereocenters. The fraction of sp³-hybridized carbons (Fsp3) is 0.235. The van der Waals surface area contributed by atoms with Gasteiger partial charge in [-0.1, -0.05) is 5.16 Å². The normalized spacial score (nSPS) is 10.8. The quantitative estimate of drug-likeness (QED) is 0.695. The maximum absolute atomic E-state index is 6.09. The van der Waals surface area contributed by atoms with Crippen molar-refractivity contribution in [2.45, 2.75) is 19.9 Å². The highest BCUT2D eigenvalue weighted by atomic mass is 16.5. The number of pyridine rings is 1. The molecule has 0 saturated heterocycles. The van der Waals surface area contributed by atoms with E-state index in [0.717, 1.165) is 11.3 Å². The number of nitrogens with two attached hydrogens (primary N) is 1. The van der Waals surface area contributed by atoms with E-state index in [1.807, 2.05) is 18.2 Å². The van der Waals surface area contributed by atoms with Crippen LogP contribution in [0.3, 0.4) is 0 Å². The highest BCUT2D eigenvalue weighted by Gasteiger charge is 2.15. The van der Waals surface area contributed by atoms with Gasteiger partial charge in [-0.3, -0.25) is 4.98 Å². The standard InChI is InChI=1S/C17H19N5O2/c1-10(2)20-14-5-4-11(8-13(14)18)16-21-17(24-22-16)12-6-7-19-9-15(12)23-3/h4-10,20H,18H2,1-3H3. The van der Waals surface area contributed by atoms with Crippen LogP contribution < -0.4 is 15.8 Å². The van der Waals surface area contributed by atoms with Crippen molar-refractivity contribution in [2.75, 3.05) is 18.2 Å². The van der Waals surface area contributed by atoms with Gasteiger partial charge in [0.2, 0.25) is 5.82 Å². The summed E-state index contributed by atoms with van der Waals surface area (Å²) in [5, 5.41) is 7.32. The summed E-state index contributed by atoms with van der Waals surface area (Å²) in [6.07, 6.45) is 3.25. The van der Waals surface area contributed by atoms with Gasteiger partial charge >= 0.3 is 0 Å². The first-order chi connectivity index (χ1) is 11.6. The second-order valence-electron chi connectivity index (χ2n) is 5.60. The predicted octanol–water partition coefficient (Wildman–Crippen LogP) is 3.21. The molecule has 0 aliphatic rings. The summed E-state index contributed by atoms with van der Waals surface area (Å²) >= 11 is 0. The van der Waals surface area contributed by atoms with Crippen LogP contribution >= 0.6 is 0 Å². The Labute approximate surface area is 139 Å². The number of hydrogen-bond donors (Lipinski definition) is 2. The zero-order chi connectivity index (χ0) is 17.1. The summed E-state index contributed by atoms with van der Waals surface area (Å²) in [4.78, 5) is 8.44. The van der Waals surface area contributed by atoms with Gasteiger partial charge in [0, 0.05) is 17.8 Å². The molecule has 3 aromatic rings. The van der Waals surface area contributed by atoms with E-state index < -0.39 is 0 Å². The van der Waals surface area contributed by atoms with Crippen LogP contribution in [0.5, 0.6) is 5.75 Å². The highest BCUT2D eigenvalue weighted by molar-refractivity contribution is 5.74. The smallest absolute Gasteiger partial charge is 0.262 e. The molecular formula is C17H19N5O2. The van der Waals surface area contributed by atoms with E-state index in [0.29, 0.717) is 34.8 Å². The van der Waals surface area contributed by atoms with E-state index in [2.05, 4.69) is 34.3 Å². The van der Waals surface area contributed by atoms with Crippen molar-refractivity contribution in [1.82, 2.24) is 15.1 Å². The summed E-state index contributed by atoms with van der Waals surface area (Å²) in [5.41, 5.74) is 9.08. The Morgan fingerprint density at radius 1 is 1.25 bits per heavy atom. The fourth-order valence-electron chi connectivity index (χ4n) is 2.31. The zero-order valence-corrected chi connectivity index (χ0v) is 13.8. The Hall–Kier alpha value is -3.09. The monoisotopic (exact) mass is 325 g/mol. The van der Waals surface area contributed by atoms with Crippen LogP contribution in [0.4, 0.5) is 11.4 Å². The van der Waals surface area contributed by atoms with Crippen molar-refractivity contribution in [3.63, 3.8) is 0 Å². The first-order valence-corrected chi connectivity index (χ1v) is 7.57. The molecule has 0 saturated carbocycles. The third-order valence-corrected chi connectivity index (χ3v) is 3.41. The minimum atomic E-state index is 0.300. The lowest BCUT2D eigenvalue weighted by molar-refractivity contribution is 0.404. The van der Waals surface area contributed by atoms with Crippen molar-refractivity contribution >= 4 is 11.4 Å². The Morgan fingerprint density at radius 3 is 2.79 bits per heavy atom. The lowest BCUT2D eigenvalue weighted by Gasteiger charge is -2.12. The molecule has 0 spiro atoms. The van der Waals surface area contributed by atoms with Gasteiger partial charge in [0.05, 0.1) is 30.2 Å². The predicted molar refractivity (Wildman–Crippen MR) is 92.7 cm³/mol. The average Bonchev–Trinajstić information content (AvgIpc) is 3.06. The number of nitrogens with zero attached hydrogens (tertiary/aromatic N) is 3. The van der Waals surface area contributed by atoms with Crippen molar-refractivity contribution in [2.24, 2.45) is 0 Å². The molecule has 0 aliphatic heterocycles. The minimum Gasteiger partial charge on any atom is -0.494 e. The molecule has 0 amide bonds. The molecule has 0 radical (unpaired) electrons. The topological polar surface area (TPSA) is 99.1 Å². The first-order valence-electron chi connectivity index (χ1n) is 7.57. The maximum Gasteiger partial charge on any atom is 0.262 e. The van der Waals surface area contributed by atoms with Crippen molar-refractivity contribution in [1.29, 1.82) is 0 Å². The number of ether oxygens (including phenoxy) is 1. The average molecular weight is 325 g/mol. The third kappa shape index (κ3) is 3.15. The van der Waals surface area contributed by atoms with Gasteiger partial charge in [-0.15, -0.1) is 0 Å². The molecule has 0 fully saturated rings. The molecule has 0 aliphatic carbocycles. The number of rotatable bonds is 5. The summed E-state index contributed by atoms with van der Waals surface area (Å²) in [5.74, 6) is 1.41. The van der Waals surface area contributed by atoms with E-state index in [-0.39, 0.29) is 0 Å². The van der Waals surface area contributed by atoms with Crippen molar-refractivity contribution < 1.29 is 9.26 Å². The number of hydrogen-bond acceptors (Lipinski definition) is 7. The van der Waals surface area contributed by atoms with Gasteiger partial charge in [-0.2, -0.15) is 4.98 Å². The van der Waals surface area contributed by atoms with E-state index in [1.165, 1.54) is 0 Å². The molecular weight excluding hydrogens is 306 g/mol. The molecule has 2 heterocycles. The van der Waals surface area contributed by atoms with Crippen LogP contribution in [0.2, 0.25) is 0 Å². The molecule has 3 N–H and O–H groups in total. The number of nitrogen functional groups attached to an aromatic ring is 1. The van der Waals surface area contributed by atoms with Crippen LogP contribution in [0, 0.1) is 0 Å². The molecule has 7 heteroatoms. The summed E-state index contributed by atoms with van der Waals surface area (Å²) in [6.45, 7) is 4.11. The largest absolute Gasteiger partial charge is 0.494 e. The number of benzene rings is 1. The molecule has 2 aromatic heterocycles. The van der Waals surface area contributed by atoms with Crippen molar-refractivity contribution in [3.05, 3.63) is 36.7 Å². The second-order valence-corrected chi connectivity index (χ2v) is 5.60. The Balaban J connectivity index is 1.92. The maximum atomic E-state index is 6.09. The Morgan fingerprint density at radius 2 is 2.08 bits per heavy atom. The third-order valence-electron chi connectivity index (χ3n) is 3.41. The fourth-order valence-corrected chi connectivity index (χ4v) is 2.31. The van der Waals surface area contributed by atoms with Crippen LogP contribution in [-0.2, 0) is 0 Å². The number of nitrogens with one attached hydrogen (secondary N) is 1. The Bertz CT molecular complexity index is 845. The lowest BCUT2D eigenvalue weighted by Crippen LogP contribution is -2.11. The van der Waals surface area contributed by atoms with Crippen LogP contribution in [-0.4, -0.2) is 28.3 Å². The van der Waals surface area contributed by atoms with E-state index >= 15 is 0 Å². The lowest BCUT2D eigenvalue weighted by atomic mass is 10.1. The van der Waals surface area contributed by atoms with Gasteiger partial charge in [-0.05, 0) is 38.1 Å². The molecule has 24 heavy (non-hydrogen) atoms. The molecule has 1 aromatic carbocycles. The van der Waals surface area contributed by atoms with E-state index in [1.54, 1.807) is 25.6 Å². The summed E-state index contributed by atoms with van der Waals surface area (Å²) in [6, 6.07) is 7.70. The van der Waals surface area contributed by atoms with Gasteiger partial charge in [0.25, 0.3) is 5.89 Å². The first kappa shape index (κ1) is 15.8. The highest BCUT2D eigenvalue weighted by Crippen LogP contribution is 2.30. The van der Waals surface area contributed by atoms with E-state index in [4.69, 9.17) is 15.0 Å². The van der Waals surface area contributed by atoms with Gasteiger partial charge in [0.15, 0.2) is 0 Å². The van der Waals surface area contributed by atoms with Gasteiger partial charge in [-0.25, -0.2) is 0 Å². The van der Waals surface area contributed by atoms with Crippen LogP contribution in [0.1, 0.15) is 13.8 Å². The number of methoxy groups -OCH3 is 1. The van der Waals surface area contributed by atoms with Crippen molar-refractivity contribution in [3.8, 4) is 28.6 Å². The molecule has 0 bridgehead atoms. The Kier molecular flexibility index (Phi) is 4.33. The van der Waals surface area contributed by atoms with E-state index in [9.17, 15) is 0 Å². The molecule has 3 rings (SSSR count). The zero-order valence-electron chi connectivity index (χ0n) is 13.8. The summed E-state index contributed by atoms with van der Waals surface area (Å²) in [7, 11) is 1.57. The van der Waals surface area contributed by atoms with Crippen LogP contribution in [0.25, 0.3) is 22.8 Å². The van der Waals surface area contributed by atoms with Crippen LogP contribution in [0.15, 0.2) is 41.2 Å². The second kappa shape index (κ2) is 6.57. The van der Waals surface area contributed by atoms with Gasteiger partial charge in [0.1, 0.15) is 5.75 Å². The molecule has 7 nitrogen and oxygen atoms in total. The minimum absolute atomic E-state index is 0.300. The number of anilines is 2. The molecule has 124 valence electrons. The molecule has 0 atom stereocenters. The summed E-state index contributed by atoms with van der Waals surface area (Å²) < 4.78 is 10.6. The number of aromatic nitrogens is 3. The SMILES string of the molecule is COc1cnccc1-c1nc(-c2ccc(NC(C)C)c(N)c2)no1. The van der Waals surface area contributed by atoms with Gasteiger partial charge < -0.3 is 20.3 Å².